The number of likely N-dealkylation sites (tertiary alicyclic amines) is 1. The van der Waals surface area contributed by atoms with Gasteiger partial charge in [0.2, 0.25) is 0 Å². The molecular weight excluding hydrogens is 281 g/mol. The van der Waals surface area contributed by atoms with E-state index in [0.29, 0.717) is 13.1 Å². The molecule has 0 aromatic heterocycles. The van der Waals surface area contributed by atoms with E-state index in [1.807, 2.05) is 0 Å². The van der Waals surface area contributed by atoms with E-state index in [0.717, 1.165) is 31.4 Å². The predicted octanol–water partition coefficient (Wildman–Crippen LogP) is 3.17. The maximum atomic E-state index is 13.1. The van der Waals surface area contributed by atoms with Crippen molar-refractivity contribution in [3.63, 3.8) is 0 Å². The average molecular weight is 298 g/mol. The van der Waals surface area contributed by atoms with Crippen molar-refractivity contribution in [1.82, 2.24) is 4.90 Å². The lowest BCUT2D eigenvalue weighted by Gasteiger charge is -2.23. The molecule has 20 heavy (non-hydrogen) atoms. The van der Waals surface area contributed by atoms with Gasteiger partial charge in [0.25, 0.3) is 0 Å². The summed E-state index contributed by atoms with van der Waals surface area (Å²) in [4.78, 5) is 13.8. The summed E-state index contributed by atoms with van der Waals surface area (Å²) < 4.78 is 13.1. The van der Waals surface area contributed by atoms with E-state index in [9.17, 15) is 14.3 Å². The Morgan fingerprint density at radius 3 is 3.00 bits per heavy atom. The minimum atomic E-state index is -0.667. The Morgan fingerprint density at radius 2 is 2.35 bits per heavy atom. The maximum Gasteiger partial charge on any atom is 0.311 e. The van der Waals surface area contributed by atoms with Gasteiger partial charge < -0.3 is 5.11 Å². The molecule has 3 rings (SSSR count). The van der Waals surface area contributed by atoms with Crippen molar-refractivity contribution in [3.05, 3.63) is 34.6 Å². The molecule has 0 spiro atoms. The quantitative estimate of drug-likeness (QED) is 0.931. The van der Waals surface area contributed by atoms with E-state index in [2.05, 4.69) is 4.90 Å². The molecular formula is C15H17ClFNO2. The molecule has 1 N–H and O–H groups in total. The largest absolute Gasteiger partial charge is 0.481 e. The molecule has 1 aliphatic carbocycles. The van der Waals surface area contributed by atoms with Crippen LogP contribution in [0.4, 0.5) is 4.39 Å². The van der Waals surface area contributed by atoms with E-state index < -0.39 is 17.2 Å². The van der Waals surface area contributed by atoms with Crippen LogP contribution < -0.4 is 0 Å². The van der Waals surface area contributed by atoms with Gasteiger partial charge in [0, 0.05) is 19.6 Å². The van der Waals surface area contributed by atoms with Crippen LogP contribution in [0, 0.1) is 17.2 Å². The smallest absolute Gasteiger partial charge is 0.311 e. The van der Waals surface area contributed by atoms with Gasteiger partial charge in [-0.25, -0.2) is 4.39 Å². The topological polar surface area (TPSA) is 40.5 Å². The highest BCUT2D eigenvalue weighted by Gasteiger charge is 2.54. The highest BCUT2D eigenvalue weighted by atomic mass is 35.5. The van der Waals surface area contributed by atoms with Crippen molar-refractivity contribution in [3.8, 4) is 0 Å². The number of nitrogens with zero attached hydrogens (tertiary/aromatic N) is 1. The summed E-state index contributed by atoms with van der Waals surface area (Å²) in [5.41, 5.74) is 0.362. The van der Waals surface area contributed by atoms with Gasteiger partial charge in [-0.2, -0.15) is 0 Å². The zero-order valence-corrected chi connectivity index (χ0v) is 11.9. The van der Waals surface area contributed by atoms with Crippen LogP contribution in [0.5, 0.6) is 0 Å². The Morgan fingerprint density at radius 1 is 1.55 bits per heavy atom. The molecule has 0 unspecified atom stereocenters. The van der Waals surface area contributed by atoms with Crippen LogP contribution in [0.1, 0.15) is 24.8 Å². The first-order chi connectivity index (χ1) is 9.51. The number of carbonyl (C=O) groups is 1. The van der Waals surface area contributed by atoms with E-state index in [1.165, 1.54) is 6.07 Å². The summed E-state index contributed by atoms with van der Waals surface area (Å²) in [6.45, 7) is 2.02. The van der Waals surface area contributed by atoms with Gasteiger partial charge in [-0.3, -0.25) is 9.69 Å². The number of fused-ring (bicyclic) bond motifs is 1. The molecule has 2 atom stereocenters. The molecule has 0 radical (unpaired) electrons. The second-order valence-corrected chi connectivity index (χ2v) is 6.38. The highest BCUT2D eigenvalue weighted by Crippen LogP contribution is 2.49. The number of hydrogen-bond donors (Lipinski definition) is 1. The molecule has 108 valence electrons. The second-order valence-electron chi connectivity index (χ2n) is 5.97. The third-order valence-electron chi connectivity index (χ3n) is 4.76. The van der Waals surface area contributed by atoms with Gasteiger partial charge in [-0.1, -0.05) is 24.1 Å². The number of rotatable bonds is 3. The Kier molecular flexibility index (Phi) is 3.46. The number of carboxylic acid groups (broad SMARTS) is 1. The van der Waals surface area contributed by atoms with Crippen LogP contribution in [-0.4, -0.2) is 29.1 Å². The fourth-order valence-corrected chi connectivity index (χ4v) is 3.96. The normalized spacial score (nSPS) is 29.6. The van der Waals surface area contributed by atoms with Gasteiger partial charge in [-0.05, 0) is 36.5 Å². The standard InChI is InChI=1S/C15H17ClFNO2/c16-12-6-10(3-4-13(12)17)7-18-8-11-2-1-5-15(11,9-18)14(19)20/h3-4,6,11H,1-2,5,7-9H2,(H,19,20)/t11-,15+/m0/s1. The molecule has 2 fully saturated rings. The SMILES string of the molecule is O=C(O)[C@@]12CCC[C@H]1CN(Cc1ccc(F)c(Cl)c1)C2. The molecule has 2 aliphatic rings. The van der Waals surface area contributed by atoms with Crippen molar-refractivity contribution in [2.75, 3.05) is 13.1 Å². The lowest BCUT2D eigenvalue weighted by atomic mass is 9.81. The van der Waals surface area contributed by atoms with Crippen molar-refractivity contribution >= 4 is 17.6 Å². The van der Waals surface area contributed by atoms with Crippen LogP contribution in [0.15, 0.2) is 18.2 Å². The first kappa shape index (κ1) is 13.8. The van der Waals surface area contributed by atoms with Crippen LogP contribution in [0.2, 0.25) is 5.02 Å². The molecule has 0 bridgehead atoms. The minimum Gasteiger partial charge on any atom is -0.481 e. The molecule has 1 aromatic rings. The minimum absolute atomic E-state index is 0.120. The zero-order valence-electron chi connectivity index (χ0n) is 11.1. The van der Waals surface area contributed by atoms with Gasteiger partial charge >= 0.3 is 5.97 Å². The number of aliphatic carboxylic acids is 1. The Labute approximate surface area is 122 Å². The predicted molar refractivity (Wildman–Crippen MR) is 74.1 cm³/mol. The van der Waals surface area contributed by atoms with E-state index in [1.54, 1.807) is 12.1 Å². The Bertz CT molecular complexity index is 551. The van der Waals surface area contributed by atoms with Gasteiger partial charge in [0.05, 0.1) is 10.4 Å². The van der Waals surface area contributed by atoms with Crippen LogP contribution in [0.25, 0.3) is 0 Å². The van der Waals surface area contributed by atoms with Gasteiger partial charge in [-0.15, -0.1) is 0 Å². The lowest BCUT2D eigenvalue weighted by Crippen LogP contribution is -2.35. The van der Waals surface area contributed by atoms with Crippen molar-refractivity contribution in [2.45, 2.75) is 25.8 Å². The third-order valence-corrected chi connectivity index (χ3v) is 5.05. The monoisotopic (exact) mass is 297 g/mol. The second kappa shape index (κ2) is 5.01. The molecule has 1 saturated heterocycles. The molecule has 1 heterocycles. The summed E-state index contributed by atoms with van der Waals surface area (Å²) in [5, 5.41) is 9.66. The molecule has 5 heteroatoms. The van der Waals surface area contributed by atoms with Gasteiger partial charge in [0.1, 0.15) is 5.82 Å². The van der Waals surface area contributed by atoms with Gasteiger partial charge in [0.15, 0.2) is 0 Å². The highest BCUT2D eigenvalue weighted by molar-refractivity contribution is 6.30. The van der Waals surface area contributed by atoms with Crippen LogP contribution in [-0.2, 0) is 11.3 Å². The first-order valence-corrected chi connectivity index (χ1v) is 7.29. The summed E-state index contributed by atoms with van der Waals surface area (Å²) >= 11 is 5.79. The number of halogens is 2. The molecule has 1 saturated carbocycles. The van der Waals surface area contributed by atoms with Crippen molar-refractivity contribution in [1.29, 1.82) is 0 Å². The third kappa shape index (κ3) is 2.21. The first-order valence-electron chi connectivity index (χ1n) is 6.91. The fourth-order valence-electron chi connectivity index (χ4n) is 3.76. The van der Waals surface area contributed by atoms with E-state index >= 15 is 0 Å². The molecule has 1 aromatic carbocycles. The van der Waals surface area contributed by atoms with E-state index in [-0.39, 0.29) is 10.9 Å². The van der Waals surface area contributed by atoms with Crippen molar-refractivity contribution < 1.29 is 14.3 Å². The fraction of sp³-hybridized carbons (Fsp3) is 0.533. The number of benzene rings is 1. The number of hydrogen-bond acceptors (Lipinski definition) is 2. The molecule has 1 aliphatic heterocycles. The average Bonchev–Trinajstić information content (AvgIpc) is 2.91. The zero-order chi connectivity index (χ0) is 14.3. The summed E-state index contributed by atoms with van der Waals surface area (Å²) in [5.74, 6) is -0.841. The lowest BCUT2D eigenvalue weighted by molar-refractivity contribution is -0.149. The summed E-state index contributed by atoms with van der Waals surface area (Å²) in [7, 11) is 0. The van der Waals surface area contributed by atoms with Crippen LogP contribution >= 0.6 is 11.6 Å². The maximum absolute atomic E-state index is 13.1. The summed E-state index contributed by atoms with van der Waals surface area (Å²) in [6.07, 6.45) is 2.77. The van der Waals surface area contributed by atoms with Crippen molar-refractivity contribution in [2.24, 2.45) is 11.3 Å². The molecule has 3 nitrogen and oxygen atoms in total. The summed E-state index contributed by atoms with van der Waals surface area (Å²) in [6, 6.07) is 4.70. The Hall–Kier alpha value is -1.13. The van der Waals surface area contributed by atoms with E-state index in [4.69, 9.17) is 11.6 Å². The van der Waals surface area contributed by atoms with Crippen LogP contribution in [0.3, 0.4) is 0 Å². The number of carboxylic acids is 1. The molecule has 0 amide bonds. The Balaban J connectivity index is 1.74.